The molecule has 5 nitrogen and oxygen atoms in total. The van der Waals surface area contributed by atoms with E-state index in [0.29, 0.717) is 5.69 Å². The van der Waals surface area contributed by atoms with Crippen molar-refractivity contribution in [3.05, 3.63) is 36.9 Å². The molecule has 1 amide bonds. The van der Waals surface area contributed by atoms with Gasteiger partial charge in [-0.25, -0.2) is 9.67 Å². The van der Waals surface area contributed by atoms with Crippen molar-refractivity contribution in [2.45, 2.75) is 12.3 Å². The van der Waals surface area contributed by atoms with Gasteiger partial charge in [-0.05, 0) is 31.2 Å². The molecule has 0 aliphatic heterocycles. The number of halogens is 1. The second-order valence-electron chi connectivity index (χ2n) is 3.49. The molecule has 1 aromatic carbocycles. The van der Waals surface area contributed by atoms with Crippen molar-refractivity contribution in [1.29, 1.82) is 0 Å². The molecule has 1 atom stereocenters. The summed E-state index contributed by atoms with van der Waals surface area (Å²) in [4.78, 5) is 15.2. The molecule has 0 fully saturated rings. The normalized spacial score (nSPS) is 12.1. The maximum atomic E-state index is 11.4. The molecule has 0 spiro atoms. The fraction of sp³-hybridized carbons (Fsp3) is 0.182. The average Bonchev–Trinajstić information content (AvgIpc) is 2.83. The molecular weight excluding hydrogens is 240 g/mol. The van der Waals surface area contributed by atoms with Gasteiger partial charge in [0.05, 0.1) is 5.69 Å². The standard InChI is InChI=1S/C11H11ClN4O/c1-8(12)11(17)15-9-2-4-10(5-3-9)16-7-13-6-14-16/h2-8H,1H3,(H,15,17). The Balaban J connectivity index is 2.11. The van der Waals surface area contributed by atoms with E-state index in [2.05, 4.69) is 15.4 Å². The lowest BCUT2D eigenvalue weighted by molar-refractivity contribution is -0.115. The Morgan fingerprint density at radius 1 is 1.41 bits per heavy atom. The van der Waals surface area contributed by atoms with Gasteiger partial charge in [-0.15, -0.1) is 11.6 Å². The third-order valence-electron chi connectivity index (χ3n) is 2.18. The van der Waals surface area contributed by atoms with Crippen molar-refractivity contribution in [3.8, 4) is 5.69 Å². The molecule has 0 aliphatic rings. The maximum absolute atomic E-state index is 11.4. The van der Waals surface area contributed by atoms with Crippen LogP contribution in [0.25, 0.3) is 5.69 Å². The van der Waals surface area contributed by atoms with E-state index in [4.69, 9.17) is 11.6 Å². The van der Waals surface area contributed by atoms with E-state index in [9.17, 15) is 4.79 Å². The second kappa shape index (κ2) is 4.97. The first kappa shape index (κ1) is 11.6. The molecule has 0 aliphatic carbocycles. The van der Waals surface area contributed by atoms with E-state index in [0.717, 1.165) is 5.69 Å². The molecule has 1 unspecified atom stereocenters. The molecule has 88 valence electrons. The van der Waals surface area contributed by atoms with Crippen LogP contribution in [0.2, 0.25) is 0 Å². The Morgan fingerprint density at radius 2 is 2.12 bits per heavy atom. The van der Waals surface area contributed by atoms with Gasteiger partial charge in [-0.3, -0.25) is 4.79 Å². The summed E-state index contributed by atoms with van der Waals surface area (Å²) < 4.78 is 1.63. The molecule has 0 saturated heterocycles. The molecular formula is C11H11ClN4O. The molecule has 2 aromatic rings. The lowest BCUT2D eigenvalue weighted by Gasteiger charge is -2.07. The highest BCUT2D eigenvalue weighted by atomic mass is 35.5. The highest BCUT2D eigenvalue weighted by Crippen LogP contribution is 2.12. The van der Waals surface area contributed by atoms with Crippen LogP contribution in [0, 0.1) is 0 Å². The smallest absolute Gasteiger partial charge is 0.242 e. The lowest BCUT2D eigenvalue weighted by atomic mass is 10.2. The van der Waals surface area contributed by atoms with Gasteiger partial charge in [0.25, 0.3) is 0 Å². The number of nitrogens with one attached hydrogen (secondary N) is 1. The number of carbonyl (C=O) groups excluding carboxylic acids is 1. The van der Waals surface area contributed by atoms with Crippen LogP contribution in [0.3, 0.4) is 0 Å². The number of rotatable bonds is 3. The van der Waals surface area contributed by atoms with Crippen molar-refractivity contribution in [3.63, 3.8) is 0 Å². The van der Waals surface area contributed by atoms with Crippen LogP contribution < -0.4 is 5.32 Å². The van der Waals surface area contributed by atoms with Crippen molar-refractivity contribution in [2.24, 2.45) is 0 Å². The summed E-state index contributed by atoms with van der Waals surface area (Å²) in [7, 11) is 0. The number of amides is 1. The van der Waals surface area contributed by atoms with Crippen LogP contribution in [-0.4, -0.2) is 26.0 Å². The molecule has 1 N–H and O–H groups in total. The second-order valence-corrected chi connectivity index (χ2v) is 4.15. The van der Waals surface area contributed by atoms with Gasteiger partial charge in [0.1, 0.15) is 18.0 Å². The van der Waals surface area contributed by atoms with Crippen LogP contribution in [0.15, 0.2) is 36.9 Å². The van der Waals surface area contributed by atoms with E-state index < -0.39 is 5.38 Å². The van der Waals surface area contributed by atoms with E-state index >= 15 is 0 Å². The van der Waals surface area contributed by atoms with Gasteiger partial charge >= 0.3 is 0 Å². The molecule has 0 radical (unpaired) electrons. The van der Waals surface area contributed by atoms with Crippen LogP contribution in [0.5, 0.6) is 0 Å². The molecule has 0 saturated carbocycles. The third-order valence-corrected chi connectivity index (χ3v) is 2.38. The van der Waals surface area contributed by atoms with Crippen molar-refractivity contribution < 1.29 is 4.79 Å². The summed E-state index contributed by atoms with van der Waals surface area (Å²) in [5, 5.41) is 6.15. The van der Waals surface area contributed by atoms with Crippen molar-refractivity contribution in [2.75, 3.05) is 5.32 Å². The van der Waals surface area contributed by atoms with Gasteiger partial charge in [0.15, 0.2) is 0 Å². The van der Waals surface area contributed by atoms with Crippen molar-refractivity contribution in [1.82, 2.24) is 14.8 Å². The summed E-state index contributed by atoms with van der Waals surface area (Å²) in [5.74, 6) is -0.222. The monoisotopic (exact) mass is 250 g/mol. The first-order valence-corrected chi connectivity index (χ1v) is 5.50. The highest BCUT2D eigenvalue weighted by Gasteiger charge is 2.08. The maximum Gasteiger partial charge on any atom is 0.242 e. The van der Waals surface area contributed by atoms with Gasteiger partial charge in [0, 0.05) is 5.69 Å². The van der Waals surface area contributed by atoms with E-state index in [1.807, 2.05) is 12.1 Å². The lowest BCUT2D eigenvalue weighted by Crippen LogP contribution is -2.20. The number of alkyl halides is 1. The topological polar surface area (TPSA) is 59.8 Å². The SMILES string of the molecule is CC(Cl)C(=O)Nc1ccc(-n2cncn2)cc1. The van der Waals surface area contributed by atoms with Crippen LogP contribution >= 0.6 is 11.6 Å². The molecule has 1 heterocycles. The zero-order valence-corrected chi connectivity index (χ0v) is 9.93. The predicted molar refractivity (Wildman–Crippen MR) is 65.3 cm³/mol. The molecule has 1 aromatic heterocycles. The number of aromatic nitrogens is 3. The van der Waals surface area contributed by atoms with Gasteiger partial charge in [-0.2, -0.15) is 5.10 Å². The molecule has 6 heteroatoms. The molecule has 2 rings (SSSR count). The fourth-order valence-corrected chi connectivity index (χ4v) is 1.34. The summed E-state index contributed by atoms with van der Waals surface area (Å²) in [5.41, 5.74) is 1.57. The number of nitrogens with zero attached hydrogens (tertiary/aromatic N) is 3. The Labute approximate surface area is 103 Å². The van der Waals surface area contributed by atoms with Gasteiger partial charge < -0.3 is 5.32 Å². The Morgan fingerprint density at radius 3 is 2.65 bits per heavy atom. The summed E-state index contributed by atoms with van der Waals surface area (Å²) in [6.07, 6.45) is 3.07. The van der Waals surface area contributed by atoms with Crippen LogP contribution in [0.1, 0.15) is 6.92 Å². The Bertz CT molecular complexity index is 493. The first-order chi connectivity index (χ1) is 8.16. The fourth-order valence-electron chi connectivity index (χ4n) is 1.28. The number of hydrogen-bond acceptors (Lipinski definition) is 3. The summed E-state index contributed by atoms with van der Waals surface area (Å²) >= 11 is 5.66. The van der Waals surface area contributed by atoms with E-state index in [1.165, 1.54) is 6.33 Å². The van der Waals surface area contributed by atoms with Crippen molar-refractivity contribution >= 4 is 23.2 Å². The van der Waals surface area contributed by atoms with E-state index in [1.54, 1.807) is 30.1 Å². The largest absolute Gasteiger partial charge is 0.325 e. The number of anilines is 1. The number of hydrogen-bond donors (Lipinski definition) is 1. The minimum atomic E-state index is -0.551. The average molecular weight is 251 g/mol. The minimum Gasteiger partial charge on any atom is -0.325 e. The van der Waals surface area contributed by atoms with Crippen LogP contribution in [0.4, 0.5) is 5.69 Å². The van der Waals surface area contributed by atoms with E-state index in [-0.39, 0.29) is 5.91 Å². The third kappa shape index (κ3) is 2.82. The zero-order chi connectivity index (χ0) is 12.3. The Hall–Kier alpha value is -1.88. The van der Waals surface area contributed by atoms with Gasteiger partial charge in [0.2, 0.25) is 5.91 Å². The predicted octanol–water partition coefficient (Wildman–Crippen LogP) is 1.83. The molecule has 0 bridgehead atoms. The summed E-state index contributed by atoms with van der Waals surface area (Å²) in [6.45, 7) is 1.63. The van der Waals surface area contributed by atoms with Crippen LogP contribution in [-0.2, 0) is 4.79 Å². The Kier molecular flexibility index (Phi) is 3.39. The number of carbonyl (C=O) groups is 1. The first-order valence-electron chi connectivity index (χ1n) is 5.07. The van der Waals surface area contributed by atoms with Gasteiger partial charge in [-0.1, -0.05) is 0 Å². The molecule has 17 heavy (non-hydrogen) atoms. The summed E-state index contributed by atoms with van der Waals surface area (Å²) in [6, 6.07) is 7.24. The quantitative estimate of drug-likeness (QED) is 0.846. The highest BCUT2D eigenvalue weighted by molar-refractivity contribution is 6.32. The zero-order valence-electron chi connectivity index (χ0n) is 9.17. The minimum absolute atomic E-state index is 0.222. The number of benzene rings is 1.